The quantitative estimate of drug-likeness (QED) is 0.859. The predicted molar refractivity (Wildman–Crippen MR) is 72.6 cm³/mol. The zero-order valence-electron chi connectivity index (χ0n) is 10.7. The van der Waals surface area contributed by atoms with Crippen molar-refractivity contribution in [3.63, 3.8) is 0 Å². The van der Waals surface area contributed by atoms with E-state index in [1.807, 2.05) is 32.0 Å². The molecular formula is C14H17N3O. The lowest BCUT2D eigenvalue weighted by atomic mass is 10.1. The van der Waals surface area contributed by atoms with Crippen molar-refractivity contribution in [1.82, 2.24) is 10.3 Å². The Morgan fingerprint density at radius 1 is 1.33 bits per heavy atom. The molecule has 0 saturated carbocycles. The molecule has 3 N–H and O–H groups in total. The maximum Gasteiger partial charge on any atom is 0.251 e. The van der Waals surface area contributed by atoms with Crippen LogP contribution in [0.5, 0.6) is 0 Å². The molecule has 1 aromatic heterocycles. The van der Waals surface area contributed by atoms with Crippen LogP contribution < -0.4 is 11.1 Å². The Bertz CT molecular complexity index is 593. The Labute approximate surface area is 106 Å². The standard InChI is InChI=1S/C14H17N3O/c1-9-7-10(2)17-13-4-3-11(8-12(9)13)14(18)16-6-5-15/h3-4,7-8H,5-6,15H2,1-2H3,(H,16,18). The van der Waals surface area contributed by atoms with Gasteiger partial charge >= 0.3 is 0 Å². The molecule has 0 atom stereocenters. The van der Waals surface area contributed by atoms with Gasteiger partial charge in [-0.2, -0.15) is 0 Å². The van der Waals surface area contributed by atoms with Gasteiger partial charge < -0.3 is 11.1 Å². The molecule has 0 spiro atoms. The third-order valence-electron chi connectivity index (χ3n) is 2.84. The Kier molecular flexibility index (Phi) is 3.58. The Morgan fingerprint density at radius 3 is 2.83 bits per heavy atom. The van der Waals surface area contributed by atoms with E-state index < -0.39 is 0 Å². The summed E-state index contributed by atoms with van der Waals surface area (Å²) in [6.45, 7) is 4.92. The van der Waals surface area contributed by atoms with Crippen LogP contribution in [0.4, 0.5) is 0 Å². The van der Waals surface area contributed by atoms with Gasteiger partial charge in [-0.3, -0.25) is 9.78 Å². The number of carbonyl (C=O) groups excluding carboxylic acids is 1. The van der Waals surface area contributed by atoms with Crippen molar-refractivity contribution in [2.45, 2.75) is 13.8 Å². The molecule has 0 radical (unpaired) electrons. The van der Waals surface area contributed by atoms with Gasteiger partial charge in [-0.05, 0) is 43.7 Å². The van der Waals surface area contributed by atoms with Gasteiger partial charge in [0.2, 0.25) is 0 Å². The number of nitrogens with one attached hydrogen (secondary N) is 1. The number of hydrogen-bond donors (Lipinski definition) is 2. The molecule has 2 aromatic rings. The van der Waals surface area contributed by atoms with Crippen molar-refractivity contribution in [3.8, 4) is 0 Å². The average Bonchev–Trinajstić information content (AvgIpc) is 2.35. The SMILES string of the molecule is Cc1cc(C)c2cc(C(=O)NCCN)ccc2n1. The normalized spacial score (nSPS) is 10.6. The summed E-state index contributed by atoms with van der Waals surface area (Å²) in [6.07, 6.45) is 0. The summed E-state index contributed by atoms with van der Waals surface area (Å²) in [7, 11) is 0. The molecule has 0 aliphatic rings. The average molecular weight is 243 g/mol. The van der Waals surface area contributed by atoms with Gasteiger partial charge in [0.25, 0.3) is 5.91 Å². The fourth-order valence-electron chi connectivity index (χ4n) is 1.99. The van der Waals surface area contributed by atoms with E-state index in [9.17, 15) is 4.79 Å². The highest BCUT2D eigenvalue weighted by molar-refractivity contribution is 5.98. The summed E-state index contributed by atoms with van der Waals surface area (Å²) < 4.78 is 0. The second-order valence-corrected chi connectivity index (χ2v) is 4.36. The number of nitrogens with zero attached hydrogens (tertiary/aromatic N) is 1. The maximum atomic E-state index is 11.8. The summed E-state index contributed by atoms with van der Waals surface area (Å²) >= 11 is 0. The molecule has 4 heteroatoms. The maximum absolute atomic E-state index is 11.8. The van der Waals surface area contributed by atoms with E-state index in [4.69, 9.17) is 5.73 Å². The van der Waals surface area contributed by atoms with Crippen LogP contribution in [0.25, 0.3) is 10.9 Å². The van der Waals surface area contributed by atoms with Gasteiger partial charge in [-0.1, -0.05) is 0 Å². The molecule has 0 unspecified atom stereocenters. The van der Waals surface area contributed by atoms with Crippen molar-refractivity contribution < 1.29 is 4.79 Å². The van der Waals surface area contributed by atoms with E-state index in [2.05, 4.69) is 10.3 Å². The van der Waals surface area contributed by atoms with Gasteiger partial charge in [0.1, 0.15) is 0 Å². The lowest BCUT2D eigenvalue weighted by molar-refractivity contribution is 0.0955. The molecule has 2 rings (SSSR count). The molecule has 0 fully saturated rings. The highest BCUT2D eigenvalue weighted by Gasteiger charge is 2.07. The van der Waals surface area contributed by atoms with Crippen LogP contribution in [0.15, 0.2) is 24.3 Å². The van der Waals surface area contributed by atoms with Crippen molar-refractivity contribution in [2.24, 2.45) is 5.73 Å². The first kappa shape index (κ1) is 12.5. The highest BCUT2D eigenvalue weighted by Crippen LogP contribution is 2.19. The number of aromatic nitrogens is 1. The van der Waals surface area contributed by atoms with Crippen LogP contribution >= 0.6 is 0 Å². The third-order valence-corrected chi connectivity index (χ3v) is 2.84. The molecule has 18 heavy (non-hydrogen) atoms. The number of aryl methyl sites for hydroxylation is 2. The van der Waals surface area contributed by atoms with Crippen molar-refractivity contribution in [3.05, 3.63) is 41.1 Å². The van der Waals surface area contributed by atoms with Gasteiger partial charge in [0.15, 0.2) is 0 Å². The molecule has 4 nitrogen and oxygen atoms in total. The largest absolute Gasteiger partial charge is 0.351 e. The first-order valence-corrected chi connectivity index (χ1v) is 5.98. The number of benzene rings is 1. The number of fused-ring (bicyclic) bond motifs is 1. The summed E-state index contributed by atoms with van der Waals surface area (Å²) in [5, 5.41) is 3.77. The molecule has 94 valence electrons. The van der Waals surface area contributed by atoms with Gasteiger partial charge in [-0.25, -0.2) is 0 Å². The first-order valence-electron chi connectivity index (χ1n) is 5.98. The van der Waals surface area contributed by atoms with E-state index in [-0.39, 0.29) is 5.91 Å². The topological polar surface area (TPSA) is 68.0 Å². The zero-order chi connectivity index (χ0) is 13.1. The Hall–Kier alpha value is -1.94. The Balaban J connectivity index is 2.41. The van der Waals surface area contributed by atoms with Crippen LogP contribution in [-0.2, 0) is 0 Å². The zero-order valence-corrected chi connectivity index (χ0v) is 10.7. The summed E-state index contributed by atoms with van der Waals surface area (Å²) in [5.41, 5.74) is 9.04. The summed E-state index contributed by atoms with van der Waals surface area (Å²) in [4.78, 5) is 16.3. The minimum absolute atomic E-state index is 0.0951. The highest BCUT2D eigenvalue weighted by atomic mass is 16.1. The molecule has 1 heterocycles. The summed E-state index contributed by atoms with van der Waals surface area (Å²) in [6, 6.07) is 7.57. The van der Waals surface area contributed by atoms with Crippen LogP contribution in [-0.4, -0.2) is 24.0 Å². The number of pyridine rings is 1. The van der Waals surface area contributed by atoms with Crippen molar-refractivity contribution in [2.75, 3.05) is 13.1 Å². The summed E-state index contributed by atoms with van der Waals surface area (Å²) in [5.74, 6) is -0.0951. The van der Waals surface area contributed by atoms with Crippen LogP contribution in [0.1, 0.15) is 21.6 Å². The molecule has 1 amide bonds. The molecule has 0 saturated heterocycles. The fourth-order valence-corrected chi connectivity index (χ4v) is 1.99. The molecule has 1 aromatic carbocycles. The second-order valence-electron chi connectivity index (χ2n) is 4.36. The number of amides is 1. The van der Waals surface area contributed by atoms with Crippen molar-refractivity contribution >= 4 is 16.8 Å². The van der Waals surface area contributed by atoms with E-state index in [0.717, 1.165) is 22.2 Å². The minimum Gasteiger partial charge on any atom is -0.351 e. The minimum atomic E-state index is -0.0951. The number of nitrogens with two attached hydrogens (primary N) is 1. The number of rotatable bonds is 3. The van der Waals surface area contributed by atoms with E-state index in [0.29, 0.717) is 18.7 Å². The first-order chi connectivity index (χ1) is 8.61. The second kappa shape index (κ2) is 5.14. The molecule has 0 aliphatic heterocycles. The van der Waals surface area contributed by atoms with E-state index >= 15 is 0 Å². The van der Waals surface area contributed by atoms with Crippen LogP contribution in [0.2, 0.25) is 0 Å². The molecule has 0 aliphatic carbocycles. The predicted octanol–water partition coefficient (Wildman–Crippen LogP) is 1.54. The monoisotopic (exact) mass is 243 g/mol. The van der Waals surface area contributed by atoms with Gasteiger partial charge in [0.05, 0.1) is 5.52 Å². The molecule has 0 bridgehead atoms. The van der Waals surface area contributed by atoms with Gasteiger partial charge in [0, 0.05) is 29.7 Å². The number of carbonyl (C=O) groups is 1. The molecular weight excluding hydrogens is 226 g/mol. The van der Waals surface area contributed by atoms with E-state index in [1.54, 1.807) is 6.07 Å². The van der Waals surface area contributed by atoms with Crippen molar-refractivity contribution in [1.29, 1.82) is 0 Å². The van der Waals surface area contributed by atoms with E-state index in [1.165, 1.54) is 0 Å². The third kappa shape index (κ3) is 2.49. The van der Waals surface area contributed by atoms with Crippen LogP contribution in [0.3, 0.4) is 0 Å². The lowest BCUT2D eigenvalue weighted by Crippen LogP contribution is -2.28. The lowest BCUT2D eigenvalue weighted by Gasteiger charge is -2.07. The Morgan fingerprint density at radius 2 is 2.11 bits per heavy atom. The smallest absolute Gasteiger partial charge is 0.251 e. The number of hydrogen-bond acceptors (Lipinski definition) is 3. The fraction of sp³-hybridized carbons (Fsp3) is 0.286. The van der Waals surface area contributed by atoms with Gasteiger partial charge in [-0.15, -0.1) is 0 Å². The van der Waals surface area contributed by atoms with Crippen LogP contribution in [0, 0.1) is 13.8 Å².